The standard InChI is InChI=1S/C29H41N5O6/c1-20-10-7-8-11-23(20)30-28(38)31-24-14-12-22(19-25(24)40-6)13-15-26(35)32(3)16-9-17-33(4)29(39)34(5)21(2)18-27(36)37/h7-8,10-12,14,19,21H,9,13,15-18H2,1-6H3,(H,36,37)(H2,30,31,38). The van der Waals surface area contributed by atoms with Gasteiger partial charge >= 0.3 is 18.0 Å². The van der Waals surface area contributed by atoms with Crippen LogP contribution >= 0.6 is 0 Å². The van der Waals surface area contributed by atoms with Crippen LogP contribution in [0, 0.1) is 6.92 Å². The van der Waals surface area contributed by atoms with Gasteiger partial charge in [-0.25, -0.2) is 9.59 Å². The SMILES string of the molecule is COc1cc(CCC(=O)N(C)CCCN(C)C(=O)N(C)C(C)CC(=O)O)ccc1NC(=O)Nc1ccccc1C. The second-order valence-corrected chi connectivity index (χ2v) is 9.86. The number of rotatable bonds is 13. The molecule has 11 heteroatoms. The topological polar surface area (TPSA) is 132 Å². The second-order valence-electron chi connectivity index (χ2n) is 9.86. The normalized spacial score (nSPS) is 11.2. The lowest BCUT2D eigenvalue weighted by Gasteiger charge is -2.29. The third-order valence-electron chi connectivity index (χ3n) is 6.71. The van der Waals surface area contributed by atoms with Gasteiger partial charge in [-0.15, -0.1) is 0 Å². The van der Waals surface area contributed by atoms with Crippen LogP contribution < -0.4 is 15.4 Å². The van der Waals surface area contributed by atoms with E-state index in [4.69, 9.17) is 9.84 Å². The summed E-state index contributed by atoms with van der Waals surface area (Å²) in [5.41, 5.74) is 3.08. The molecule has 0 radical (unpaired) electrons. The van der Waals surface area contributed by atoms with Crippen LogP contribution in [0.3, 0.4) is 0 Å². The highest BCUT2D eigenvalue weighted by Gasteiger charge is 2.21. The summed E-state index contributed by atoms with van der Waals surface area (Å²) in [6.45, 7) is 4.52. The van der Waals surface area contributed by atoms with Gasteiger partial charge in [0, 0.05) is 52.4 Å². The number of para-hydroxylation sites is 1. The molecular weight excluding hydrogens is 514 g/mol. The molecule has 0 spiro atoms. The van der Waals surface area contributed by atoms with Crippen LogP contribution in [-0.2, 0) is 16.0 Å². The molecule has 0 saturated heterocycles. The monoisotopic (exact) mass is 555 g/mol. The van der Waals surface area contributed by atoms with Crippen LogP contribution in [0.25, 0.3) is 0 Å². The van der Waals surface area contributed by atoms with E-state index in [1.165, 1.54) is 16.9 Å². The zero-order chi connectivity index (χ0) is 29.8. The minimum Gasteiger partial charge on any atom is -0.495 e. The predicted octanol–water partition coefficient (Wildman–Crippen LogP) is 4.28. The fourth-order valence-electron chi connectivity index (χ4n) is 4.04. The van der Waals surface area contributed by atoms with Gasteiger partial charge in [-0.2, -0.15) is 0 Å². The summed E-state index contributed by atoms with van der Waals surface area (Å²) in [7, 11) is 6.49. The first kappa shape index (κ1) is 31.9. The Morgan fingerprint density at radius 3 is 2.25 bits per heavy atom. The van der Waals surface area contributed by atoms with Crippen molar-refractivity contribution in [2.45, 2.75) is 45.6 Å². The van der Waals surface area contributed by atoms with E-state index in [-0.39, 0.29) is 24.4 Å². The van der Waals surface area contributed by atoms with Crippen molar-refractivity contribution in [3.05, 3.63) is 53.6 Å². The Labute approximate surface area is 236 Å². The number of methoxy groups -OCH3 is 1. The maximum Gasteiger partial charge on any atom is 0.323 e. The summed E-state index contributed by atoms with van der Waals surface area (Å²) in [4.78, 5) is 53.1. The molecule has 5 amide bonds. The van der Waals surface area contributed by atoms with E-state index in [0.717, 1.165) is 11.1 Å². The second kappa shape index (κ2) is 15.3. The van der Waals surface area contributed by atoms with Crippen molar-refractivity contribution in [1.82, 2.24) is 14.7 Å². The maximum atomic E-state index is 12.7. The number of ether oxygens (including phenoxy) is 1. The zero-order valence-electron chi connectivity index (χ0n) is 24.2. The van der Waals surface area contributed by atoms with Gasteiger partial charge in [0.2, 0.25) is 5.91 Å². The summed E-state index contributed by atoms with van der Waals surface area (Å²) >= 11 is 0. The number of anilines is 2. The molecule has 0 bridgehead atoms. The van der Waals surface area contributed by atoms with Crippen molar-refractivity contribution in [2.24, 2.45) is 0 Å². The summed E-state index contributed by atoms with van der Waals surface area (Å²) in [5, 5.41) is 14.6. The molecule has 0 aliphatic rings. The zero-order valence-corrected chi connectivity index (χ0v) is 24.2. The van der Waals surface area contributed by atoms with Gasteiger partial charge in [0.15, 0.2) is 0 Å². The van der Waals surface area contributed by atoms with E-state index in [1.807, 2.05) is 37.3 Å². The Balaban J connectivity index is 1.82. The van der Waals surface area contributed by atoms with Crippen molar-refractivity contribution < 1.29 is 29.0 Å². The van der Waals surface area contributed by atoms with Crippen molar-refractivity contribution in [3.63, 3.8) is 0 Å². The Kier molecular flexibility index (Phi) is 12.3. The minimum atomic E-state index is -0.956. The number of hydrogen-bond acceptors (Lipinski definition) is 5. The van der Waals surface area contributed by atoms with E-state index < -0.39 is 12.0 Å². The Morgan fingerprint density at radius 1 is 0.950 bits per heavy atom. The predicted molar refractivity (Wildman–Crippen MR) is 155 cm³/mol. The molecule has 2 aromatic carbocycles. The van der Waals surface area contributed by atoms with Gasteiger partial charge in [-0.3, -0.25) is 9.59 Å². The molecule has 0 aromatic heterocycles. The van der Waals surface area contributed by atoms with Crippen LogP contribution in [0.1, 0.15) is 37.3 Å². The van der Waals surface area contributed by atoms with Gasteiger partial charge in [-0.1, -0.05) is 24.3 Å². The van der Waals surface area contributed by atoms with Gasteiger partial charge in [0.05, 0.1) is 19.2 Å². The van der Waals surface area contributed by atoms with Gasteiger partial charge in [0.25, 0.3) is 0 Å². The third-order valence-corrected chi connectivity index (χ3v) is 6.71. The molecule has 1 unspecified atom stereocenters. The number of benzene rings is 2. The highest BCUT2D eigenvalue weighted by Crippen LogP contribution is 2.27. The van der Waals surface area contributed by atoms with E-state index in [2.05, 4.69) is 10.6 Å². The van der Waals surface area contributed by atoms with Crippen molar-refractivity contribution in [1.29, 1.82) is 0 Å². The van der Waals surface area contributed by atoms with Crippen LogP contribution in [0.4, 0.5) is 21.0 Å². The van der Waals surface area contributed by atoms with Crippen LogP contribution in [0.2, 0.25) is 0 Å². The number of urea groups is 2. The number of nitrogens with one attached hydrogen (secondary N) is 2. The number of amides is 5. The first-order valence-corrected chi connectivity index (χ1v) is 13.2. The van der Waals surface area contributed by atoms with Crippen molar-refractivity contribution in [3.8, 4) is 5.75 Å². The average Bonchev–Trinajstić information content (AvgIpc) is 2.92. The van der Waals surface area contributed by atoms with Gasteiger partial charge in [0.1, 0.15) is 5.75 Å². The van der Waals surface area contributed by atoms with Crippen molar-refractivity contribution in [2.75, 3.05) is 52.0 Å². The molecule has 0 heterocycles. The summed E-state index contributed by atoms with van der Waals surface area (Å²) in [6.07, 6.45) is 1.26. The average molecular weight is 556 g/mol. The van der Waals surface area contributed by atoms with Crippen LogP contribution in [-0.4, -0.2) is 91.1 Å². The number of carbonyl (C=O) groups excluding carboxylic acids is 3. The molecule has 0 saturated carbocycles. The van der Waals surface area contributed by atoms with Gasteiger partial charge in [-0.05, 0) is 56.0 Å². The van der Waals surface area contributed by atoms with Gasteiger partial charge < -0.3 is 35.2 Å². The number of carboxylic acid groups (broad SMARTS) is 1. The molecule has 0 aliphatic carbocycles. The molecule has 0 aliphatic heterocycles. The van der Waals surface area contributed by atoms with Crippen LogP contribution in [0.5, 0.6) is 5.75 Å². The summed E-state index contributed by atoms with van der Waals surface area (Å²) < 4.78 is 5.46. The highest BCUT2D eigenvalue weighted by atomic mass is 16.5. The lowest BCUT2D eigenvalue weighted by atomic mass is 10.1. The third kappa shape index (κ3) is 9.79. The molecule has 11 nitrogen and oxygen atoms in total. The quantitative estimate of drug-likeness (QED) is 0.338. The Hall–Kier alpha value is -4.28. The highest BCUT2D eigenvalue weighted by molar-refractivity contribution is 6.01. The number of nitrogens with zero attached hydrogens (tertiary/aromatic N) is 3. The first-order valence-electron chi connectivity index (χ1n) is 13.2. The Bertz CT molecular complexity index is 1190. The first-order chi connectivity index (χ1) is 18.9. The van der Waals surface area contributed by atoms with E-state index >= 15 is 0 Å². The number of carboxylic acids is 1. The maximum absolute atomic E-state index is 12.7. The summed E-state index contributed by atoms with van der Waals surface area (Å²) in [5.74, 6) is -0.490. The largest absolute Gasteiger partial charge is 0.495 e. The number of hydrogen-bond donors (Lipinski definition) is 3. The molecule has 3 N–H and O–H groups in total. The molecule has 0 fully saturated rings. The Morgan fingerprint density at radius 2 is 1.60 bits per heavy atom. The van der Waals surface area contributed by atoms with Crippen LogP contribution in [0.15, 0.2) is 42.5 Å². The van der Waals surface area contributed by atoms with E-state index in [0.29, 0.717) is 49.5 Å². The summed E-state index contributed by atoms with van der Waals surface area (Å²) in [6, 6.07) is 11.8. The molecule has 218 valence electrons. The molecule has 40 heavy (non-hydrogen) atoms. The van der Waals surface area contributed by atoms with Crippen molar-refractivity contribution >= 4 is 35.3 Å². The fourth-order valence-corrected chi connectivity index (χ4v) is 4.04. The molecular formula is C29H41N5O6. The lowest BCUT2D eigenvalue weighted by molar-refractivity contribution is -0.138. The fraction of sp³-hybridized carbons (Fsp3) is 0.448. The molecule has 1 atom stereocenters. The lowest BCUT2D eigenvalue weighted by Crippen LogP contribution is -2.44. The molecule has 2 aromatic rings. The van der Waals surface area contributed by atoms with E-state index in [9.17, 15) is 19.2 Å². The minimum absolute atomic E-state index is 0.0278. The number of aliphatic carboxylic acids is 1. The number of aryl methyl sites for hydroxylation is 2. The molecule has 2 rings (SSSR count). The number of carbonyl (C=O) groups is 4. The smallest absolute Gasteiger partial charge is 0.323 e. The van der Waals surface area contributed by atoms with E-state index in [1.54, 1.807) is 45.1 Å².